The van der Waals surface area contributed by atoms with Crippen molar-refractivity contribution in [1.82, 2.24) is 0 Å². The average Bonchev–Trinajstić information content (AvgIpc) is 2.14. The molecule has 0 atom stereocenters. The van der Waals surface area contributed by atoms with Crippen LogP contribution in [0.1, 0.15) is 50.3 Å². The molecule has 0 N–H and O–H groups in total. The van der Waals surface area contributed by atoms with Gasteiger partial charge >= 0.3 is 0 Å². The number of benzene rings is 1. The molecule has 0 fully saturated rings. The van der Waals surface area contributed by atoms with Crippen LogP contribution >= 0.6 is 0 Å². The fourth-order valence-electron chi connectivity index (χ4n) is 2.04. The van der Waals surface area contributed by atoms with Gasteiger partial charge in [-0.25, -0.2) is 0 Å². The monoisotopic (exact) mass is 232 g/mol. The van der Waals surface area contributed by atoms with Crippen LogP contribution in [0.4, 0.5) is 0 Å². The average molecular weight is 232 g/mol. The minimum Gasteiger partial charge on any atom is -0.299 e. The molecule has 0 amide bonds. The number of carbonyl (C=O) groups is 1. The fourth-order valence-corrected chi connectivity index (χ4v) is 2.04. The predicted octanol–water partition coefficient (Wildman–Crippen LogP) is 4.24. The van der Waals surface area contributed by atoms with E-state index < -0.39 is 0 Å². The molecule has 17 heavy (non-hydrogen) atoms. The second kappa shape index (κ2) is 5.48. The van der Waals surface area contributed by atoms with Gasteiger partial charge in [-0.3, -0.25) is 4.79 Å². The van der Waals surface area contributed by atoms with Crippen molar-refractivity contribution in [2.75, 3.05) is 0 Å². The maximum atomic E-state index is 11.8. The van der Waals surface area contributed by atoms with Crippen LogP contribution < -0.4 is 0 Å². The van der Waals surface area contributed by atoms with Crippen LogP contribution in [0.2, 0.25) is 0 Å². The van der Waals surface area contributed by atoms with E-state index in [-0.39, 0.29) is 5.41 Å². The SMILES string of the molecule is Cc1cc(C)cc(CCCC(=O)C(C)(C)C)c1. The van der Waals surface area contributed by atoms with E-state index in [0.717, 1.165) is 12.8 Å². The molecule has 0 aliphatic heterocycles. The molecule has 0 aliphatic carbocycles. The van der Waals surface area contributed by atoms with Gasteiger partial charge in [0.05, 0.1) is 0 Å². The van der Waals surface area contributed by atoms with Gasteiger partial charge in [0.2, 0.25) is 0 Å². The Morgan fingerprint density at radius 2 is 1.59 bits per heavy atom. The van der Waals surface area contributed by atoms with E-state index in [4.69, 9.17) is 0 Å². The van der Waals surface area contributed by atoms with Crippen LogP contribution in [0.25, 0.3) is 0 Å². The molecule has 0 saturated carbocycles. The number of rotatable bonds is 4. The lowest BCUT2D eigenvalue weighted by Gasteiger charge is -2.16. The third kappa shape index (κ3) is 4.72. The smallest absolute Gasteiger partial charge is 0.138 e. The first-order valence-corrected chi connectivity index (χ1v) is 6.39. The summed E-state index contributed by atoms with van der Waals surface area (Å²) in [5, 5.41) is 0. The van der Waals surface area contributed by atoms with E-state index in [9.17, 15) is 4.79 Å². The highest BCUT2D eigenvalue weighted by Crippen LogP contribution is 2.19. The Kier molecular flexibility index (Phi) is 4.50. The Morgan fingerprint density at radius 3 is 2.06 bits per heavy atom. The molecule has 0 unspecified atom stereocenters. The number of hydrogen-bond acceptors (Lipinski definition) is 1. The summed E-state index contributed by atoms with van der Waals surface area (Å²) in [6, 6.07) is 6.62. The Hall–Kier alpha value is -1.11. The molecule has 0 aromatic heterocycles. The molecule has 0 radical (unpaired) electrons. The Bertz CT molecular complexity index is 376. The van der Waals surface area contributed by atoms with Gasteiger partial charge in [-0.05, 0) is 32.3 Å². The summed E-state index contributed by atoms with van der Waals surface area (Å²) in [6.07, 6.45) is 2.65. The van der Waals surface area contributed by atoms with Crippen molar-refractivity contribution in [3.63, 3.8) is 0 Å². The molecule has 0 heterocycles. The minimum atomic E-state index is -0.192. The van der Waals surface area contributed by atoms with Crippen LogP contribution in [0.3, 0.4) is 0 Å². The largest absolute Gasteiger partial charge is 0.299 e. The van der Waals surface area contributed by atoms with Gasteiger partial charge in [0.15, 0.2) is 0 Å². The van der Waals surface area contributed by atoms with Crippen molar-refractivity contribution in [3.05, 3.63) is 34.9 Å². The molecule has 0 spiro atoms. The van der Waals surface area contributed by atoms with Gasteiger partial charge in [-0.2, -0.15) is 0 Å². The van der Waals surface area contributed by atoms with Gasteiger partial charge < -0.3 is 0 Å². The highest BCUT2D eigenvalue weighted by molar-refractivity contribution is 5.83. The normalized spacial score (nSPS) is 11.6. The Labute approximate surface area is 105 Å². The third-order valence-electron chi connectivity index (χ3n) is 2.99. The maximum Gasteiger partial charge on any atom is 0.138 e. The zero-order chi connectivity index (χ0) is 13.1. The van der Waals surface area contributed by atoms with Gasteiger partial charge in [-0.1, -0.05) is 50.1 Å². The van der Waals surface area contributed by atoms with E-state index in [1.54, 1.807) is 0 Å². The molecular weight excluding hydrogens is 208 g/mol. The zero-order valence-corrected chi connectivity index (χ0v) is 11.8. The summed E-state index contributed by atoms with van der Waals surface area (Å²) in [5.41, 5.74) is 3.77. The Morgan fingerprint density at radius 1 is 1.06 bits per heavy atom. The number of Topliss-reactive ketones (excluding diaryl/α,β-unsaturated/α-hetero) is 1. The zero-order valence-electron chi connectivity index (χ0n) is 11.8. The molecular formula is C16H24O. The molecule has 1 nitrogen and oxygen atoms in total. The number of ketones is 1. The number of aryl methyl sites for hydroxylation is 3. The molecule has 94 valence electrons. The lowest BCUT2D eigenvalue weighted by Crippen LogP contribution is -2.19. The van der Waals surface area contributed by atoms with Gasteiger partial charge in [-0.15, -0.1) is 0 Å². The van der Waals surface area contributed by atoms with Crippen LogP contribution in [0.5, 0.6) is 0 Å². The second-order valence-corrected chi connectivity index (χ2v) is 6.02. The van der Waals surface area contributed by atoms with Crippen LogP contribution in [-0.4, -0.2) is 5.78 Å². The third-order valence-corrected chi connectivity index (χ3v) is 2.99. The van der Waals surface area contributed by atoms with Gasteiger partial charge in [0, 0.05) is 11.8 Å². The fraction of sp³-hybridized carbons (Fsp3) is 0.562. The summed E-state index contributed by atoms with van der Waals surface area (Å²) in [5.74, 6) is 0.363. The molecule has 0 bridgehead atoms. The lowest BCUT2D eigenvalue weighted by molar-refractivity contribution is -0.126. The van der Waals surface area contributed by atoms with Crippen molar-refractivity contribution >= 4 is 5.78 Å². The topological polar surface area (TPSA) is 17.1 Å². The lowest BCUT2D eigenvalue weighted by atomic mass is 9.87. The highest BCUT2D eigenvalue weighted by atomic mass is 16.1. The molecule has 1 aromatic rings. The van der Waals surface area contributed by atoms with Crippen molar-refractivity contribution in [3.8, 4) is 0 Å². The van der Waals surface area contributed by atoms with Gasteiger partial charge in [0.25, 0.3) is 0 Å². The predicted molar refractivity (Wildman–Crippen MR) is 73.3 cm³/mol. The van der Waals surface area contributed by atoms with Crippen molar-refractivity contribution in [2.45, 2.75) is 53.9 Å². The van der Waals surface area contributed by atoms with E-state index >= 15 is 0 Å². The summed E-state index contributed by atoms with van der Waals surface area (Å²) in [7, 11) is 0. The summed E-state index contributed by atoms with van der Waals surface area (Å²) < 4.78 is 0. The second-order valence-electron chi connectivity index (χ2n) is 6.02. The molecule has 0 saturated heterocycles. The first-order valence-electron chi connectivity index (χ1n) is 6.39. The van der Waals surface area contributed by atoms with Crippen molar-refractivity contribution in [1.29, 1.82) is 0 Å². The van der Waals surface area contributed by atoms with E-state index in [2.05, 4.69) is 32.0 Å². The first kappa shape index (κ1) is 14.0. The van der Waals surface area contributed by atoms with Crippen molar-refractivity contribution < 1.29 is 4.79 Å². The summed E-state index contributed by atoms with van der Waals surface area (Å²) in [6.45, 7) is 10.2. The van der Waals surface area contributed by atoms with Gasteiger partial charge in [0.1, 0.15) is 5.78 Å². The Balaban J connectivity index is 2.49. The highest BCUT2D eigenvalue weighted by Gasteiger charge is 2.19. The number of hydrogen-bond donors (Lipinski definition) is 0. The molecule has 1 rings (SSSR count). The molecule has 1 heteroatoms. The minimum absolute atomic E-state index is 0.192. The van der Waals surface area contributed by atoms with Crippen LogP contribution in [0, 0.1) is 19.3 Å². The number of carbonyl (C=O) groups excluding carboxylic acids is 1. The maximum absolute atomic E-state index is 11.8. The summed E-state index contributed by atoms with van der Waals surface area (Å²) in [4.78, 5) is 11.8. The first-order chi connectivity index (χ1) is 7.79. The van der Waals surface area contributed by atoms with E-state index in [1.807, 2.05) is 20.8 Å². The molecule has 0 aliphatic rings. The van der Waals surface area contributed by atoms with Crippen LogP contribution in [-0.2, 0) is 11.2 Å². The van der Waals surface area contributed by atoms with Crippen LogP contribution in [0.15, 0.2) is 18.2 Å². The van der Waals surface area contributed by atoms with E-state index in [1.165, 1.54) is 16.7 Å². The summed E-state index contributed by atoms with van der Waals surface area (Å²) >= 11 is 0. The molecule has 1 aromatic carbocycles. The van der Waals surface area contributed by atoms with E-state index in [0.29, 0.717) is 12.2 Å². The standard InChI is InChI=1S/C16H24O/c1-12-9-13(2)11-14(10-12)7-6-8-15(17)16(3,4)5/h9-11H,6-8H2,1-5H3. The quantitative estimate of drug-likeness (QED) is 0.758. The van der Waals surface area contributed by atoms with Crippen molar-refractivity contribution in [2.24, 2.45) is 5.41 Å².